The third-order valence-corrected chi connectivity index (χ3v) is 5.11. The number of aromatic amines is 1. The summed E-state index contributed by atoms with van der Waals surface area (Å²) in [6.45, 7) is 0. The molecule has 0 aliphatic carbocycles. The van der Waals surface area contributed by atoms with Gasteiger partial charge < -0.3 is 9.40 Å². The highest BCUT2D eigenvalue weighted by atomic mass is 35.5. The summed E-state index contributed by atoms with van der Waals surface area (Å²) in [4.78, 5) is 20.6. The highest BCUT2D eigenvalue weighted by Crippen LogP contribution is 2.31. The molecular weight excluding hydrogens is 367 g/mol. The fourth-order valence-electron chi connectivity index (χ4n) is 2.54. The number of H-pyrrole nitrogens is 1. The molecule has 0 aliphatic rings. The van der Waals surface area contributed by atoms with E-state index in [1.807, 2.05) is 17.5 Å². The molecule has 3 aromatic heterocycles. The number of benzene rings is 1. The Labute approximate surface area is 150 Å². The molecule has 1 N–H and O–H groups in total. The van der Waals surface area contributed by atoms with Crippen LogP contribution in [0.2, 0.25) is 10.0 Å². The van der Waals surface area contributed by atoms with E-state index < -0.39 is 0 Å². The standard InChI is InChI=1S/C17H10Cl2N2O2S/c18-10-4-3-9(12(19)7-10)6-14-20-16(22)15-11(8-24-17(15)21-14)13-2-1-5-23-13/h1-5,7-8H,6H2,(H,20,21,22). The van der Waals surface area contributed by atoms with Gasteiger partial charge in [0.15, 0.2) is 0 Å². The number of fused-ring (bicyclic) bond motifs is 1. The highest BCUT2D eigenvalue weighted by Gasteiger charge is 2.15. The molecule has 1 aromatic carbocycles. The van der Waals surface area contributed by atoms with Crippen LogP contribution in [0.15, 0.2) is 51.2 Å². The van der Waals surface area contributed by atoms with Crippen molar-refractivity contribution in [2.24, 2.45) is 0 Å². The summed E-state index contributed by atoms with van der Waals surface area (Å²) < 4.78 is 5.39. The van der Waals surface area contributed by atoms with E-state index in [4.69, 9.17) is 27.6 Å². The zero-order valence-electron chi connectivity index (χ0n) is 12.2. The first-order valence-electron chi connectivity index (χ1n) is 7.10. The van der Waals surface area contributed by atoms with Crippen molar-refractivity contribution in [1.82, 2.24) is 9.97 Å². The molecule has 3 heterocycles. The number of hydrogen-bond acceptors (Lipinski definition) is 4. The quantitative estimate of drug-likeness (QED) is 0.538. The first-order chi connectivity index (χ1) is 11.6. The van der Waals surface area contributed by atoms with E-state index >= 15 is 0 Å². The Morgan fingerprint density at radius 1 is 1.25 bits per heavy atom. The molecule has 4 aromatic rings. The minimum absolute atomic E-state index is 0.187. The molecule has 24 heavy (non-hydrogen) atoms. The van der Waals surface area contributed by atoms with Gasteiger partial charge in [-0.2, -0.15) is 0 Å². The maximum Gasteiger partial charge on any atom is 0.260 e. The normalized spacial score (nSPS) is 11.2. The molecule has 0 saturated carbocycles. The molecule has 0 spiro atoms. The molecule has 0 bridgehead atoms. The van der Waals surface area contributed by atoms with E-state index in [2.05, 4.69) is 9.97 Å². The van der Waals surface area contributed by atoms with E-state index in [1.54, 1.807) is 24.5 Å². The Kier molecular flexibility index (Phi) is 3.92. The predicted molar refractivity (Wildman–Crippen MR) is 97.2 cm³/mol. The average molecular weight is 377 g/mol. The van der Waals surface area contributed by atoms with Crippen LogP contribution >= 0.6 is 34.5 Å². The highest BCUT2D eigenvalue weighted by molar-refractivity contribution is 7.17. The Balaban J connectivity index is 1.78. The summed E-state index contributed by atoms with van der Waals surface area (Å²) in [6, 6.07) is 8.88. The summed E-state index contributed by atoms with van der Waals surface area (Å²) in [5.74, 6) is 1.21. The number of nitrogens with one attached hydrogen (secondary N) is 1. The van der Waals surface area contributed by atoms with Crippen LogP contribution in [0.3, 0.4) is 0 Å². The fourth-order valence-corrected chi connectivity index (χ4v) is 3.96. The van der Waals surface area contributed by atoms with Gasteiger partial charge in [0.1, 0.15) is 16.4 Å². The number of thiophene rings is 1. The minimum atomic E-state index is -0.187. The second kappa shape index (κ2) is 6.09. The van der Waals surface area contributed by atoms with E-state index in [-0.39, 0.29) is 5.56 Å². The average Bonchev–Trinajstić information content (AvgIpc) is 3.19. The third kappa shape index (κ3) is 2.75. The van der Waals surface area contributed by atoms with Crippen LogP contribution in [-0.4, -0.2) is 9.97 Å². The maximum absolute atomic E-state index is 12.5. The van der Waals surface area contributed by atoms with Gasteiger partial charge in [-0.25, -0.2) is 4.98 Å². The molecule has 0 unspecified atom stereocenters. The SMILES string of the molecule is O=c1[nH]c(Cc2ccc(Cl)cc2Cl)nc2scc(-c3ccco3)c12. The van der Waals surface area contributed by atoms with Crippen LogP contribution in [0, 0.1) is 0 Å². The van der Waals surface area contributed by atoms with Gasteiger partial charge in [-0.05, 0) is 29.8 Å². The lowest BCUT2D eigenvalue weighted by Crippen LogP contribution is -2.11. The summed E-state index contributed by atoms with van der Waals surface area (Å²) in [7, 11) is 0. The molecule has 4 rings (SSSR count). The first-order valence-corrected chi connectivity index (χ1v) is 8.73. The Hall–Kier alpha value is -2.08. The van der Waals surface area contributed by atoms with Crippen molar-refractivity contribution in [3.05, 3.63) is 73.8 Å². The van der Waals surface area contributed by atoms with Crippen LogP contribution in [-0.2, 0) is 6.42 Å². The van der Waals surface area contributed by atoms with Crippen LogP contribution < -0.4 is 5.56 Å². The van der Waals surface area contributed by atoms with Crippen LogP contribution in [0.4, 0.5) is 0 Å². The van der Waals surface area contributed by atoms with Gasteiger partial charge in [0, 0.05) is 27.4 Å². The van der Waals surface area contributed by atoms with Crippen LogP contribution in [0.5, 0.6) is 0 Å². The molecule has 0 amide bonds. The topological polar surface area (TPSA) is 58.9 Å². The van der Waals surface area contributed by atoms with E-state index in [0.717, 1.165) is 11.1 Å². The van der Waals surface area contributed by atoms with Gasteiger partial charge in [-0.1, -0.05) is 29.3 Å². The van der Waals surface area contributed by atoms with Crippen molar-refractivity contribution in [2.75, 3.05) is 0 Å². The molecule has 0 aliphatic heterocycles. The molecule has 0 fully saturated rings. The Morgan fingerprint density at radius 3 is 2.88 bits per heavy atom. The van der Waals surface area contributed by atoms with Crippen LogP contribution in [0.1, 0.15) is 11.4 Å². The second-order valence-electron chi connectivity index (χ2n) is 5.23. The number of aromatic nitrogens is 2. The predicted octanol–water partition coefficient (Wildman–Crippen LogP) is 5.14. The van der Waals surface area contributed by atoms with Gasteiger partial charge >= 0.3 is 0 Å². The smallest absolute Gasteiger partial charge is 0.260 e. The third-order valence-electron chi connectivity index (χ3n) is 3.65. The number of furan rings is 1. The lowest BCUT2D eigenvalue weighted by atomic mass is 10.1. The number of rotatable bonds is 3. The maximum atomic E-state index is 12.5. The Morgan fingerprint density at radius 2 is 2.12 bits per heavy atom. The summed E-state index contributed by atoms with van der Waals surface area (Å²) in [5.41, 5.74) is 1.42. The molecule has 0 saturated heterocycles. The van der Waals surface area contributed by atoms with Crippen LogP contribution in [0.25, 0.3) is 21.5 Å². The Bertz CT molecular complexity index is 1080. The fraction of sp³-hybridized carbons (Fsp3) is 0.0588. The zero-order valence-corrected chi connectivity index (χ0v) is 14.5. The monoisotopic (exact) mass is 376 g/mol. The molecule has 4 nitrogen and oxygen atoms in total. The lowest BCUT2D eigenvalue weighted by molar-refractivity contribution is 0.583. The van der Waals surface area contributed by atoms with Crippen molar-refractivity contribution in [2.45, 2.75) is 6.42 Å². The van der Waals surface area contributed by atoms with Gasteiger partial charge in [-0.15, -0.1) is 11.3 Å². The van der Waals surface area contributed by atoms with Gasteiger partial charge in [0.25, 0.3) is 5.56 Å². The minimum Gasteiger partial charge on any atom is -0.464 e. The molecule has 0 atom stereocenters. The largest absolute Gasteiger partial charge is 0.464 e. The number of nitrogens with zero attached hydrogens (tertiary/aromatic N) is 1. The number of halogens is 2. The van der Waals surface area contributed by atoms with Gasteiger partial charge in [0.05, 0.1) is 11.6 Å². The summed E-state index contributed by atoms with van der Waals surface area (Å²) in [5, 5.41) is 3.54. The van der Waals surface area contributed by atoms with Crippen molar-refractivity contribution in [1.29, 1.82) is 0 Å². The van der Waals surface area contributed by atoms with Crippen molar-refractivity contribution < 1.29 is 4.42 Å². The lowest BCUT2D eigenvalue weighted by Gasteiger charge is -2.05. The number of hydrogen-bond donors (Lipinski definition) is 1. The van der Waals surface area contributed by atoms with Crippen molar-refractivity contribution >= 4 is 44.8 Å². The van der Waals surface area contributed by atoms with E-state index in [0.29, 0.717) is 38.3 Å². The second-order valence-corrected chi connectivity index (χ2v) is 6.93. The van der Waals surface area contributed by atoms with Crippen molar-refractivity contribution in [3.8, 4) is 11.3 Å². The van der Waals surface area contributed by atoms with E-state index in [1.165, 1.54) is 11.3 Å². The summed E-state index contributed by atoms with van der Waals surface area (Å²) in [6.07, 6.45) is 2.01. The zero-order chi connectivity index (χ0) is 16.7. The molecular formula is C17H10Cl2N2O2S. The molecule has 7 heteroatoms. The first kappa shape index (κ1) is 15.4. The molecule has 0 radical (unpaired) electrons. The van der Waals surface area contributed by atoms with Crippen molar-refractivity contribution in [3.63, 3.8) is 0 Å². The van der Waals surface area contributed by atoms with Gasteiger partial charge in [-0.3, -0.25) is 4.79 Å². The van der Waals surface area contributed by atoms with E-state index in [9.17, 15) is 4.79 Å². The molecule has 120 valence electrons. The van der Waals surface area contributed by atoms with Gasteiger partial charge in [0.2, 0.25) is 0 Å². The summed E-state index contributed by atoms with van der Waals surface area (Å²) >= 11 is 13.5.